The molecule has 2 aromatic carbocycles. The Morgan fingerprint density at radius 2 is 1.86 bits per heavy atom. The van der Waals surface area contributed by atoms with Crippen molar-refractivity contribution in [3.63, 3.8) is 0 Å². The maximum atomic E-state index is 12.6. The Hall–Kier alpha value is -1.99. The smallest absolute Gasteiger partial charge is 0.410 e. The summed E-state index contributed by atoms with van der Waals surface area (Å²) in [6.07, 6.45) is 4.31. The van der Waals surface area contributed by atoms with Crippen LogP contribution in [0.2, 0.25) is 10.0 Å². The fraction of sp³-hybridized carbons (Fsp3) is 0.481. The Morgan fingerprint density at radius 1 is 1.08 bits per heavy atom. The van der Waals surface area contributed by atoms with Gasteiger partial charge in [0.2, 0.25) is 0 Å². The molecule has 0 saturated carbocycles. The van der Waals surface area contributed by atoms with Crippen LogP contribution in [0.5, 0.6) is 0 Å². The molecule has 0 bridgehead atoms. The molecule has 2 aromatic rings. The van der Waals surface area contributed by atoms with Crippen molar-refractivity contribution in [3.05, 3.63) is 69.7 Å². The van der Waals surface area contributed by atoms with Crippen molar-refractivity contribution >= 4 is 47.6 Å². The number of hydrogen-bond acceptors (Lipinski definition) is 4. The number of nitrogens with zero attached hydrogens (tertiary/aromatic N) is 3. The Kier molecular flexibility index (Phi) is 10.7. The number of carbonyl (C=O) groups excluding carboxylic acids is 2. The number of amides is 2. The molecular weight excluding hydrogens is 521 g/mol. The fourth-order valence-electron chi connectivity index (χ4n) is 5.08. The monoisotopic (exact) mass is 553 g/mol. The summed E-state index contributed by atoms with van der Waals surface area (Å²) in [4.78, 5) is 31.1. The molecule has 4 rings (SSSR count). The van der Waals surface area contributed by atoms with E-state index < -0.39 is 0 Å². The van der Waals surface area contributed by atoms with E-state index in [4.69, 9.17) is 27.9 Å². The van der Waals surface area contributed by atoms with E-state index in [1.165, 1.54) is 0 Å². The third-order valence-corrected chi connectivity index (χ3v) is 7.75. The van der Waals surface area contributed by atoms with Gasteiger partial charge in [-0.05, 0) is 68.5 Å². The highest BCUT2D eigenvalue weighted by Crippen LogP contribution is 2.36. The molecule has 196 valence electrons. The lowest BCUT2D eigenvalue weighted by molar-refractivity contribution is 0.0226. The van der Waals surface area contributed by atoms with Gasteiger partial charge in [-0.25, -0.2) is 4.79 Å². The number of hydrogen-bond donors (Lipinski definition) is 0. The van der Waals surface area contributed by atoms with Gasteiger partial charge in [-0.3, -0.25) is 9.69 Å². The number of halogens is 3. The van der Waals surface area contributed by atoms with E-state index >= 15 is 0 Å². The Bertz CT molecular complexity index is 1020. The number of unbranched alkanes of at least 4 members (excludes halogenated alkanes) is 1. The summed E-state index contributed by atoms with van der Waals surface area (Å²) in [5, 5.41) is 1.09. The first-order valence-corrected chi connectivity index (χ1v) is 13.1. The molecule has 2 atom stereocenters. The van der Waals surface area contributed by atoms with E-state index in [0.717, 1.165) is 57.3 Å². The lowest BCUT2D eigenvalue weighted by Crippen LogP contribution is -2.51. The number of ether oxygens (including phenoxy) is 1. The van der Waals surface area contributed by atoms with Gasteiger partial charge in [0.25, 0.3) is 5.91 Å². The van der Waals surface area contributed by atoms with E-state index in [0.29, 0.717) is 28.8 Å². The Morgan fingerprint density at radius 3 is 2.58 bits per heavy atom. The third-order valence-electron chi connectivity index (χ3n) is 7.01. The van der Waals surface area contributed by atoms with Crippen molar-refractivity contribution in [2.75, 3.05) is 39.8 Å². The Labute approximate surface area is 229 Å². The SMILES string of the molecule is CN(CCCCN1CCC(N2CCCOC2=O)CC1c1ccc(Cl)c(Cl)c1)C(=O)c1ccccc1.Cl. The van der Waals surface area contributed by atoms with E-state index in [-0.39, 0.29) is 36.5 Å². The lowest BCUT2D eigenvalue weighted by atomic mass is 9.90. The van der Waals surface area contributed by atoms with Gasteiger partial charge in [-0.1, -0.05) is 47.5 Å². The summed E-state index contributed by atoms with van der Waals surface area (Å²) in [6, 6.07) is 15.5. The number of rotatable bonds is 8. The molecule has 6 nitrogen and oxygen atoms in total. The van der Waals surface area contributed by atoms with Crippen LogP contribution in [0.15, 0.2) is 48.5 Å². The molecule has 0 radical (unpaired) electrons. The van der Waals surface area contributed by atoms with Crippen LogP contribution in [0.1, 0.15) is 54.1 Å². The quantitative estimate of drug-likeness (QED) is 0.359. The highest BCUT2D eigenvalue weighted by molar-refractivity contribution is 6.42. The van der Waals surface area contributed by atoms with Crippen LogP contribution in [0, 0.1) is 0 Å². The molecule has 2 heterocycles. The first kappa shape index (κ1) is 28.6. The topological polar surface area (TPSA) is 53.1 Å². The van der Waals surface area contributed by atoms with Crippen LogP contribution in [0.4, 0.5) is 4.79 Å². The van der Waals surface area contributed by atoms with E-state index in [1.807, 2.05) is 60.5 Å². The van der Waals surface area contributed by atoms with Crippen molar-refractivity contribution in [2.45, 2.75) is 44.2 Å². The average molecular weight is 555 g/mol. The van der Waals surface area contributed by atoms with Gasteiger partial charge < -0.3 is 14.5 Å². The molecular formula is C27H34Cl3N3O3. The first-order chi connectivity index (χ1) is 16.9. The maximum absolute atomic E-state index is 12.6. The minimum atomic E-state index is -0.200. The molecule has 2 unspecified atom stereocenters. The number of likely N-dealkylation sites (tertiary alicyclic amines) is 1. The molecule has 0 aromatic heterocycles. The molecule has 36 heavy (non-hydrogen) atoms. The van der Waals surface area contributed by atoms with Crippen molar-refractivity contribution in [1.29, 1.82) is 0 Å². The summed E-state index contributed by atoms with van der Waals surface area (Å²) in [7, 11) is 1.86. The maximum Gasteiger partial charge on any atom is 0.410 e. The lowest BCUT2D eigenvalue weighted by Gasteiger charge is -2.44. The van der Waals surface area contributed by atoms with Gasteiger partial charge in [0.1, 0.15) is 0 Å². The second kappa shape index (κ2) is 13.5. The summed E-state index contributed by atoms with van der Waals surface area (Å²) < 4.78 is 5.30. The Balaban J connectivity index is 0.00000361. The number of piperidine rings is 1. The minimum absolute atomic E-state index is 0. The number of benzene rings is 2. The second-order valence-electron chi connectivity index (χ2n) is 9.36. The number of carbonyl (C=O) groups is 2. The van der Waals surface area contributed by atoms with E-state index in [2.05, 4.69) is 4.90 Å². The molecule has 2 aliphatic rings. The summed E-state index contributed by atoms with van der Waals surface area (Å²) >= 11 is 12.5. The van der Waals surface area contributed by atoms with Gasteiger partial charge in [0.05, 0.1) is 16.7 Å². The molecule has 9 heteroatoms. The average Bonchev–Trinajstić information content (AvgIpc) is 2.88. The summed E-state index contributed by atoms with van der Waals surface area (Å²) in [5.74, 6) is 0.0496. The number of cyclic esters (lactones) is 1. The van der Waals surface area contributed by atoms with Gasteiger partial charge in [-0.2, -0.15) is 0 Å². The van der Waals surface area contributed by atoms with E-state index in [9.17, 15) is 9.59 Å². The summed E-state index contributed by atoms with van der Waals surface area (Å²) in [6.45, 7) is 3.76. The molecule has 2 amide bonds. The van der Waals surface area contributed by atoms with Crippen LogP contribution in [-0.2, 0) is 4.74 Å². The predicted molar refractivity (Wildman–Crippen MR) is 146 cm³/mol. The van der Waals surface area contributed by atoms with Gasteiger partial charge in [0.15, 0.2) is 0 Å². The van der Waals surface area contributed by atoms with Crippen LogP contribution in [0.3, 0.4) is 0 Å². The van der Waals surface area contributed by atoms with Crippen molar-refractivity contribution in [3.8, 4) is 0 Å². The van der Waals surface area contributed by atoms with Crippen LogP contribution < -0.4 is 0 Å². The first-order valence-electron chi connectivity index (χ1n) is 12.4. The highest BCUT2D eigenvalue weighted by atomic mass is 35.5. The minimum Gasteiger partial charge on any atom is -0.449 e. The molecule has 0 spiro atoms. The van der Waals surface area contributed by atoms with Crippen LogP contribution >= 0.6 is 35.6 Å². The van der Waals surface area contributed by atoms with Crippen molar-refractivity contribution in [2.24, 2.45) is 0 Å². The predicted octanol–water partition coefficient (Wildman–Crippen LogP) is 6.32. The van der Waals surface area contributed by atoms with Crippen LogP contribution in [-0.4, -0.2) is 72.6 Å². The normalized spacial score (nSPS) is 20.4. The summed E-state index contributed by atoms with van der Waals surface area (Å²) in [5.41, 5.74) is 1.83. The molecule has 2 aliphatic heterocycles. The van der Waals surface area contributed by atoms with Gasteiger partial charge in [0, 0.05) is 44.3 Å². The van der Waals surface area contributed by atoms with Gasteiger partial charge >= 0.3 is 6.09 Å². The molecule has 0 aliphatic carbocycles. The van der Waals surface area contributed by atoms with Crippen molar-refractivity contribution in [1.82, 2.24) is 14.7 Å². The van der Waals surface area contributed by atoms with Crippen molar-refractivity contribution < 1.29 is 14.3 Å². The third kappa shape index (κ3) is 7.06. The standard InChI is InChI=1S/C27H33Cl2N3O3.ClH/c1-30(26(33)20-8-3-2-4-9-20)13-5-6-14-31-16-12-22(32-15-7-17-35-27(32)34)19-25(31)21-10-11-23(28)24(29)18-21;/h2-4,8-11,18,22,25H,5-7,12-17,19H2,1H3;1H. The zero-order chi connectivity index (χ0) is 24.8. The zero-order valence-corrected chi connectivity index (χ0v) is 22.9. The zero-order valence-electron chi connectivity index (χ0n) is 20.6. The fourth-order valence-corrected chi connectivity index (χ4v) is 5.39. The van der Waals surface area contributed by atoms with Crippen LogP contribution in [0.25, 0.3) is 0 Å². The van der Waals surface area contributed by atoms with E-state index in [1.54, 1.807) is 4.90 Å². The largest absolute Gasteiger partial charge is 0.449 e. The highest BCUT2D eigenvalue weighted by Gasteiger charge is 2.36. The molecule has 2 fully saturated rings. The second-order valence-corrected chi connectivity index (χ2v) is 10.2. The van der Waals surface area contributed by atoms with Gasteiger partial charge in [-0.15, -0.1) is 12.4 Å². The molecule has 2 saturated heterocycles. The molecule has 0 N–H and O–H groups in total.